The van der Waals surface area contributed by atoms with Gasteiger partial charge in [0.25, 0.3) is 5.91 Å². The van der Waals surface area contributed by atoms with Gasteiger partial charge in [0.05, 0.1) is 25.2 Å². The Morgan fingerprint density at radius 3 is 2.46 bits per heavy atom. The highest BCUT2D eigenvalue weighted by Crippen LogP contribution is 2.43. The first-order valence-electron chi connectivity index (χ1n) is 11.2. The Hall–Kier alpha value is -3.62. The molecule has 1 unspecified atom stereocenters. The zero-order valence-corrected chi connectivity index (χ0v) is 20.5. The van der Waals surface area contributed by atoms with Crippen molar-refractivity contribution in [1.29, 1.82) is 0 Å². The highest BCUT2D eigenvalue weighted by atomic mass is 32.2. The molecule has 7 nitrogen and oxygen atoms in total. The molecule has 1 N–H and O–H groups in total. The number of carbonyl (C=O) groups is 1. The molecular weight excluding hydrogens is 464 g/mol. The highest BCUT2D eigenvalue weighted by molar-refractivity contribution is 7.89. The summed E-state index contributed by atoms with van der Waals surface area (Å²) in [7, 11) is -0.815. The van der Waals surface area contributed by atoms with E-state index in [0.29, 0.717) is 24.5 Å². The minimum Gasteiger partial charge on any atom is -0.493 e. The lowest BCUT2D eigenvalue weighted by atomic mass is 9.89. The van der Waals surface area contributed by atoms with Gasteiger partial charge in [0.15, 0.2) is 11.5 Å². The molecule has 4 rings (SSSR count). The first-order chi connectivity index (χ1) is 16.9. The minimum atomic E-state index is -3.95. The molecule has 0 spiro atoms. The second kappa shape index (κ2) is 10.3. The average molecular weight is 493 g/mol. The zero-order chi connectivity index (χ0) is 25.0. The van der Waals surface area contributed by atoms with Crippen molar-refractivity contribution in [1.82, 2.24) is 9.62 Å². The van der Waals surface area contributed by atoms with Crippen molar-refractivity contribution in [3.05, 3.63) is 102 Å². The zero-order valence-electron chi connectivity index (χ0n) is 19.7. The standard InChI is InChI=1S/C27H28N2O5S/c1-4-14-28-27(30)21-11-8-12-22(16-21)35(31,32)29-15-13-20-17-24(33-2)25(34-3)18-23(20)26(29)19-9-6-5-7-10-19/h4-12,16-18,26H,1,13-15H2,2-3H3,(H,28,30). The molecule has 0 aromatic heterocycles. The molecule has 0 aliphatic carbocycles. The summed E-state index contributed by atoms with van der Waals surface area (Å²) in [6.07, 6.45) is 2.08. The van der Waals surface area contributed by atoms with Crippen LogP contribution < -0.4 is 14.8 Å². The normalized spacial score (nSPS) is 15.7. The SMILES string of the molecule is C=CCNC(=O)c1cccc(S(=O)(=O)N2CCc3cc(OC)c(OC)cc3C2c2ccccc2)c1. The number of nitrogens with one attached hydrogen (secondary N) is 1. The summed E-state index contributed by atoms with van der Waals surface area (Å²) >= 11 is 0. The molecule has 1 aliphatic heterocycles. The van der Waals surface area contributed by atoms with Gasteiger partial charge in [-0.25, -0.2) is 8.42 Å². The maximum Gasteiger partial charge on any atom is 0.251 e. The van der Waals surface area contributed by atoms with Crippen LogP contribution in [0.2, 0.25) is 0 Å². The molecule has 182 valence electrons. The number of amides is 1. The van der Waals surface area contributed by atoms with Crippen molar-refractivity contribution in [3.63, 3.8) is 0 Å². The van der Waals surface area contributed by atoms with E-state index in [2.05, 4.69) is 11.9 Å². The van der Waals surface area contributed by atoms with Crippen LogP contribution in [0.25, 0.3) is 0 Å². The molecule has 0 bridgehead atoms. The van der Waals surface area contributed by atoms with E-state index in [-0.39, 0.29) is 22.9 Å². The lowest BCUT2D eigenvalue weighted by Crippen LogP contribution is -2.40. The molecule has 8 heteroatoms. The Bertz CT molecular complexity index is 1340. The fourth-order valence-electron chi connectivity index (χ4n) is 4.36. The van der Waals surface area contributed by atoms with Crippen LogP contribution in [0.3, 0.4) is 0 Å². The van der Waals surface area contributed by atoms with E-state index in [9.17, 15) is 13.2 Å². The van der Waals surface area contributed by atoms with Gasteiger partial charge < -0.3 is 14.8 Å². The third-order valence-electron chi connectivity index (χ3n) is 6.05. The molecule has 1 amide bonds. The molecule has 1 heterocycles. The van der Waals surface area contributed by atoms with Gasteiger partial charge in [0.1, 0.15) is 0 Å². The number of ether oxygens (including phenoxy) is 2. The average Bonchev–Trinajstić information content (AvgIpc) is 2.90. The molecule has 1 aliphatic rings. The Labute approximate surface area is 206 Å². The van der Waals surface area contributed by atoms with Crippen molar-refractivity contribution < 1.29 is 22.7 Å². The molecule has 3 aromatic rings. The molecule has 0 saturated heterocycles. The Balaban J connectivity index is 1.82. The number of nitrogens with zero attached hydrogens (tertiary/aromatic N) is 1. The second-order valence-electron chi connectivity index (χ2n) is 8.11. The van der Waals surface area contributed by atoms with E-state index in [0.717, 1.165) is 16.7 Å². The number of sulfonamides is 1. The third-order valence-corrected chi connectivity index (χ3v) is 7.92. The highest BCUT2D eigenvalue weighted by Gasteiger charge is 2.38. The van der Waals surface area contributed by atoms with E-state index in [1.165, 1.54) is 16.4 Å². The number of hydrogen-bond acceptors (Lipinski definition) is 5. The van der Waals surface area contributed by atoms with Crippen LogP contribution in [-0.4, -0.2) is 45.9 Å². The van der Waals surface area contributed by atoms with Gasteiger partial charge in [-0.15, -0.1) is 6.58 Å². The maximum absolute atomic E-state index is 14.0. The fraction of sp³-hybridized carbons (Fsp3) is 0.222. The van der Waals surface area contributed by atoms with Gasteiger partial charge in [-0.05, 0) is 53.4 Å². The van der Waals surface area contributed by atoms with Crippen LogP contribution in [0, 0.1) is 0 Å². The predicted molar refractivity (Wildman–Crippen MR) is 134 cm³/mol. The second-order valence-corrected chi connectivity index (χ2v) is 10.0. The van der Waals surface area contributed by atoms with E-state index >= 15 is 0 Å². The number of rotatable bonds is 8. The number of fused-ring (bicyclic) bond motifs is 1. The smallest absolute Gasteiger partial charge is 0.251 e. The third kappa shape index (κ3) is 4.80. The monoisotopic (exact) mass is 492 g/mol. The fourth-order valence-corrected chi connectivity index (χ4v) is 6.00. The molecule has 1 atom stereocenters. The van der Waals surface area contributed by atoms with Gasteiger partial charge in [-0.1, -0.05) is 42.5 Å². The van der Waals surface area contributed by atoms with Crippen molar-refractivity contribution in [2.24, 2.45) is 0 Å². The topological polar surface area (TPSA) is 84.9 Å². The maximum atomic E-state index is 14.0. The Kier molecular flexibility index (Phi) is 7.23. The van der Waals surface area contributed by atoms with Gasteiger partial charge in [0, 0.05) is 18.7 Å². The van der Waals surface area contributed by atoms with Gasteiger partial charge >= 0.3 is 0 Å². The van der Waals surface area contributed by atoms with Crippen LogP contribution in [0.5, 0.6) is 11.5 Å². The van der Waals surface area contributed by atoms with Crippen LogP contribution in [0.4, 0.5) is 0 Å². The molecular formula is C27H28N2O5S. The summed E-state index contributed by atoms with van der Waals surface area (Å²) in [5.41, 5.74) is 2.95. The number of methoxy groups -OCH3 is 2. The van der Waals surface area contributed by atoms with Crippen molar-refractivity contribution in [2.45, 2.75) is 17.4 Å². The minimum absolute atomic E-state index is 0.0635. The summed E-state index contributed by atoms with van der Waals surface area (Å²) < 4.78 is 40.4. The number of hydrogen-bond donors (Lipinski definition) is 1. The first-order valence-corrected chi connectivity index (χ1v) is 12.7. The van der Waals surface area contributed by atoms with Crippen LogP contribution in [0.1, 0.15) is 33.1 Å². The van der Waals surface area contributed by atoms with Crippen LogP contribution in [0.15, 0.2) is 84.3 Å². The Morgan fingerprint density at radius 1 is 1.06 bits per heavy atom. The van der Waals surface area contributed by atoms with Gasteiger partial charge in [-0.2, -0.15) is 4.31 Å². The van der Waals surface area contributed by atoms with E-state index in [1.54, 1.807) is 32.4 Å². The number of carbonyl (C=O) groups excluding carboxylic acids is 1. The molecule has 0 saturated carbocycles. The van der Waals surface area contributed by atoms with E-state index < -0.39 is 16.1 Å². The van der Waals surface area contributed by atoms with Crippen molar-refractivity contribution >= 4 is 15.9 Å². The summed E-state index contributed by atoms with van der Waals surface area (Å²) in [6, 6.07) is 18.8. The van der Waals surface area contributed by atoms with Gasteiger partial charge in [0.2, 0.25) is 10.0 Å². The van der Waals surface area contributed by atoms with E-state index in [4.69, 9.17) is 9.47 Å². The van der Waals surface area contributed by atoms with Crippen LogP contribution in [-0.2, 0) is 16.4 Å². The molecule has 0 radical (unpaired) electrons. The quantitative estimate of drug-likeness (QED) is 0.481. The Morgan fingerprint density at radius 2 is 1.77 bits per heavy atom. The lowest BCUT2D eigenvalue weighted by Gasteiger charge is -2.37. The predicted octanol–water partition coefficient (Wildman–Crippen LogP) is 3.96. The van der Waals surface area contributed by atoms with Gasteiger partial charge in [-0.3, -0.25) is 4.79 Å². The summed E-state index contributed by atoms with van der Waals surface area (Å²) in [6.45, 7) is 4.16. The molecule has 3 aromatic carbocycles. The molecule has 0 fully saturated rings. The van der Waals surface area contributed by atoms with E-state index in [1.807, 2.05) is 42.5 Å². The molecule has 35 heavy (non-hydrogen) atoms. The first kappa shape index (κ1) is 24.5. The number of benzene rings is 3. The lowest BCUT2D eigenvalue weighted by molar-refractivity contribution is 0.0958. The van der Waals surface area contributed by atoms with Crippen molar-refractivity contribution in [3.8, 4) is 11.5 Å². The van der Waals surface area contributed by atoms with Crippen LogP contribution >= 0.6 is 0 Å². The summed E-state index contributed by atoms with van der Waals surface area (Å²) in [4.78, 5) is 12.5. The summed E-state index contributed by atoms with van der Waals surface area (Å²) in [5.74, 6) is 0.780. The van der Waals surface area contributed by atoms with Crippen molar-refractivity contribution in [2.75, 3.05) is 27.3 Å². The summed E-state index contributed by atoms with van der Waals surface area (Å²) in [5, 5.41) is 2.69. The largest absolute Gasteiger partial charge is 0.493 e.